The van der Waals surface area contributed by atoms with Gasteiger partial charge in [0.25, 0.3) is 5.91 Å². The maximum Gasteiger partial charge on any atom is 0.265 e. The molecule has 0 unspecified atom stereocenters. The number of benzene rings is 3. The summed E-state index contributed by atoms with van der Waals surface area (Å²) in [7, 11) is 0. The van der Waals surface area contributed by atoms with E-state index in [4.69, 9.17) is 14.2 Å². The van der Waals surface area contributed by atoms with Crippen LogP contribution in [0.2, 0.25) is 0 Å². The summed E-state index contributed by atoms with van der Waals surface area (Å²) in [5, 5.41) is 7.17. The number of anilines is 1. The molecule has 1 amide bonds. The molecule has 0 spiro atoms. The third-order valence-electron chi connectivity index (χ3n) is 4.80. The molecule has 1 aliphatic rings. The number of amides is 1. The maximum absolute atomic E-state index is 12.6. The Morgan fingerprint density at radius 2 is 1.77 bits per heavy atom. The normalized spacial score (nSPS) is 12.5. The van der Waals surface area contributed by atoms with Gasteiger partial charge in [0.1, 0.15) is 25.6 Å². The van der Waals surface area contributed by atoms with Gasteiger partial charge in [0, 0.05) is 17.3 Å². The number of rotatable bonds is 5. The van der Waals surface area contributed by atoms with E-state index in [1.807, 2.05) is 47.8 Å². The van der Waals surface area contributed by atoms with Crippen molar-refractivity contribution < 1.29 is 19.0 Å². The molecule has 0 fully saturated rings. The highest BCUT2D eigenvalue weighted by Crippen LogP contribution is 2.33. The van der Waals surface area contributed by atoms with Crippen molar-refractivity contribution >= 4 is 33.7 Å². The number of hydrogen-bond donors (Lipinski definition) is 1. The lowest BCUT2D eigenvalue weighted by atomic mass is 10.1. The Balaban J connectivity index is 1.23. The van der Waals surface area contributed by atoms with Crippen molar-refractivity contribution in [1.82, 2.24) is 0 Å². The number of fused-ring (bicyclic) bond motifs is 2. The number of thiophene rings is 1. The summed E-state index contributed by atoms with van der Waals surface area (Å²) in [5.74, 6) is 1.99. The van der Waals surface area contributed by atoms with Gasteiger partial charge in [0.05, 0.1) is 4.88 Å². The van der Waals surface area contributed by atoms with E-state index < -0.39 is 0 Å². The fraction of sp³-hybridized carbons (Fsp3) is 0.125. The molecule has 3 aromatic carbocycles. The third-order valence-corrected chi connectivity index (χ3v) is 5.78. The van der Waals surface area contributed by atoms with Gasteiger partial charge in [-0.15, -0.1) is 11.3 Å². The molecule has 2 heterocycles. The first-order chi connectivity index (χ1) is 14.7. The lowest BCUT2D eigenvalue weighted by Gasteiger charge is -2.18. The minimum Gasteiger partial charge on any atom is -0.489 e. The first kappa shape index (κ1) is 18.5. The van der Waals surface area contributed by atoms with Crippen molar-refractivity contribution in [3.63, 3.8) is 0 Å². The zero-order valence-electron chi connectivity index (χ0n) is 16.1. The second-order valence-corrected chi connectivity index (χ2v) is 7.84. The Labute approximate surface area is 177 Å². The Morgan fingerprint density at radius 1 is 0.933 bits per heavy atom. The van der Waals surface area contributed by atoms with E-state index in [9.17, 15) is 4.79 Å². The van der Waals surface area contributed by atoms with Crippen LogP contribution in [0.15, 0.2) is 72.1 Å². The van der Waals surface area contributed by atoms with Crippen molar-refractivity contribution in [1.29, 1.82) is 0 Å². The lowest BCUT2D eigenvalue weighted by molar-refractivity contribution is 0.103. The van der Waals surface area contributed by atoms with Crippen molar-refractivity contribution in [2.45, 2.75) is 6.61 Å². The smallest absolute Gasteiger partial charge is 0.265 e. The Hall–Kier alpha value is -3.51. The summed E-state index contributed by atoms with van der Waals surface area (Å²) in [6, 6.07) is 21.5. The molecule has 4 aromatic rings. The predicted octanol–water partition coefficient (Wildman–Crippen LogP) is 5.50. The number of carbonyl (C=O) groups excluding carboxylic acids is 1. The van der Waals surface area contributed by atoms with Gasteiger partial charge in [-0.25, -0.2) is 0 Å². The van der Waals surface area contributed by atoms with Crippen molar-refractivity contribution in [3.05, 3.63) is 82.6 Å². The van der Waals surface area contributed by atoms with Crippen LogP contribution in [0.1, 0.15) is 15.2 Å². The van der Waals surface area contributed by atoms with Crippen molar-refractivity contribution in [3.8, 4) is 17.2 Å². The second kappa shape index (κ2) is 8.08. The molecule has 0 saturated carbocycles. The van der Waals surface area contributed by atoms with Crippen LogP contribution in [0.3, 0.4) is 0 Å². The van der Waals surface area contributed by atoms with E-state index in [2.05, 4.69) is 17.4 Å². The van der Waals surface area contributed by atoms with Gasteiger partial charge < -0.3 is 19.5 Å². The van der Waals surface area contributed by atoms with Gasteiger partial charge in [-0.1, -0.05) is 30.3 Å². The topological polar surface area (TPSA) is 56.8 Å². The summed E-state index contributed by atoms with van der Waals surface area (Å²) >= 11 is 1.40. The number of hydrogen-bond acceptors (Lipinski definition) is 5. The van der Waals surface area contributed by atoms with E-state index >= 15 is 0 Å². The molecule has 1 aromatic heterocycles. The average molecular weight is 417 g/mol. The first-order valence-corrected chi connectivity index (χ1v) is 10.5. The molecule has 0 atom stereocenters. The average Bonchev–Trinajstić information content (AvgIpc) is 3.27. The minimum absolute atomic E-state index is 0.159. The van der Waals surface area contributed by atoms with E-state index in [0.717, 1.165) is 16.7 Å². The molecule has 0 aliphatic carbocycles. The summed E-state index contributed by atoms with van der Waals surface area (Å²) in [6.45, 7) is 1.46. The van der Waals surface area contributed by atoms with Crippen molar-refractivity contribution in [2.24, 2.45) is 0 Å². The molecule has 30 heavy (non-hydrogen) atoms. The number of nitrogens with one attached hydrogen (secondary N) is 1. The minimum atomic E-state index is -0.159. The first-order valence-electron chi connectivity index (χ1n) is 9.65. The van der Waals surface area contributed by atoms with Crippen LogP contribution in [0, 0.1) is 0 Å². The largest absolute Gasteiger partial charge is 0.489 e. The highest BCUT2D eigenvalue weighted by atomic mass is 32.1. The van der Waals surface area contributed by atoms with E-state index in [-0.39, 0.29) is 5.91 Å². The molecule has 5 nitrogen and oxygen atoms in total. The molecule has 150 valence electrons. The van der Waals surface area contributed by atoms with Crippen LogP contribution in [-0.4, -0.2) is 19.1 Å². The molecule has 0 radical (unpaired) electrons. The highest BCUT2D eigenvalue weighted by Gasteiger charge is 2.14. The van der Waals surface area contributed by atoms with E-state index in [0.29, 0.717) is 41.9 Å². The molecular weight excluding hydrogens is 398 g/mol. The molecular formula is C24H19NO4S. The summed E-state index contributed by atoms with van der Waals surface area (Å²) in [5.41, 5.74) is 1.63. The van der Waals surface area contributed by atoms with Gasteiger partial charge in [-0.2, -0.15) is 0 Å². The lowest BCUT2D eigenvalue weighted by Crippen LogP contribution is -2.16. The fourth-order valence-corrected chi connectivity index (χ4v) is 4.10. The third kappa shape index (κ3) is 3.95. The van der Waals surface area contributed by atoms with Crippen LogP contribution in [-0.2, 0) is 6.61 Å². The van der Waals surface area contributed by atoms with Gasteiger partial charge >= 0.3 is 0 Å². The monoisotopic (exact) mass is 417 g/mol. The molecule has 6 heteroatoms. The van der Waals surface area contributed by atoms with E-state index in [1.165, 1.54) is 16.7 Å². The molecule has 1 aliphatic heterocycles. The SMILES string of the molecule is O=C(Nc1ccc2c(c1)OCCO2)c1cc(COc2ccc3ccccc3c2)cs1. The van der Waals surface area contributed by atoms with Gasteiger partial charge in [-0.3, -0.25) is 4.79 Å². The zero-order chi connectivity index (χ0) is 20.3. The zero-order valence-corrected chi connectivity index (χ0v) is 16.9. The molecule has 1 N–H and O–H groups in total. The van der Waals surface area contributed by atoms with Gasteiger partial charge in [-0.05, 0) is 46.5 Å². The van der Waals surface area contributed by atoms with Crippen molar-refractivity contribution in [2.75, 3.05) is 18.5 Å². The van der Waals surface area contributed by atoms with Gasteiger partial charge in [0.15, 0.2) is 11.5 Å². The summed E-state index contributed by atoms with van der Waals surface area (Å²) in [4.78, 5) is 13.2. The van der Waals surface area contributed by atoms with Crippen LogP contribution in [0.5, 0.6) is 17.2 Å². The molecule has 0 bridgehead atoms. The Kier molecular flexibility index (Phi) is 4.99. The summed E-state index contributed by atoms with van der Waals surface area (Å²) < 4.78 is 17.0. The van der Waals surface area contributed by atoms with Crippen LogP contribution in [0.4, 0.5) is 5.69 Å². The van der Waals surface area contributed by atoms with E-state index in [1.54, 1.807) is 12.1 Å². The number of carbonyl (C=O) groups is 1. The standard InChI is InChI=1S/C24H19NO4S/c26-24(25-19-6-8-21-22(13-19)28-10-9-27-21)23-11-16(15-30-23)14-29-20-7-5-17-3-1-2-4-18(17)12-20/h1-8,11-13,15H,9-10,14H2,(H,25,26). The van der Waals surface area contributed by atoms with Gasteiger partial charge in [0.2, 0.25) is 0 Å². The predicted molar refractivity (Wildman–Crippen MR) is 118 cm³/mol. The Morgan fingerprint density at radius 3 is 2.67 bits per heavy atom. The fourth-order valence-electron chi connectivity index (χ4n) is 3.31. The molecule has 0 saturated heterocycles. The number of ether oxygens (including phenoxy) is 3. The van der Waals surface area contributed by atoms with Crippen LogP contribution in [0.25, 0.3) is 10.8 Å². The highest BCUT2D eigenvalue weighted by molar-refractivity contribution is 7.12. The summed E-state index contributed by atoms with van der Waals surface area (Å²) in [6.07, 6.45) is 0. The quantitative estimate of drug-likeness (QED) is 0.466. The second-order valence-electron chi connectivity index (χ2n) is 6.93. The molecule has 5 rings (SSSR count). The van der Waals surface area contributed by atoms with Crippen LogP contribution < -0.4 is 19.5 Å². The Bertz CT molecular complexity index is 1220. The van der Waals surface area contributed by atoms with Crippen LogP contribution >= 0.6 is 11.3 Å². The maximum atomic E-state index is 12.6.